The van der Waals surface area contributed by atoms with Crippen molar-refractivity contribution in [2.45, 2.75) is 18.3 Å². The Morgan fingerprint density at radius 1 is 1.03 bits per heavy atom. The average Bonchev–Trinajstić information content (AvgIpc) is 3.14. The summed E-state index contributed by atoms with van der Waals surface area (Å²) < 4.78 is 14.0. The van der Waals surface area contributed by atoms with Crippen molar-refractivity contribution in [2.75, 3.05) is 31.1 Å². The molecule has 1 saturated heterocycles. The van der Waals surface area contributed by atoms with E-state index in [2.05, 4.69) is 9.88 Å². The molecule has 5 rings (SSSR count). The van der Waals surface area contributed by atoms with E-state index >= 15 is 0 Å². The van der Waals surface area contributed by atoms with Crippen molar-refractivity contribution in [1.29, 1.82) is 0 Å². The normalized spacial score (nSPS) is 17.2. The van der Waals surface area contributed by atoms with Crippen molar-refractivity contribution in [3.63, 3.8) is 0 Å². The summed E-state index contributed by atoms with van der Waals surface area (Å²) in [5, 5.41) is 1.39. The van der Waals surface area contributed by atoms with E-state index in [-0.39, 0.29) is 27.4 Å². The van der Waals surface area contributed by atoms with Gasteiger partial charge in [0.15, 0.2) is 0 Å². The fourth-order valence-corrected chi connectivity index (χ4v) is 6.01. The lowest BCUT2D eigenvalue weighted by atomic mass is 9.74. The van der Waals surface area contributed by atoms with E-state index in [1.165, 1.54) is 18.2 Å². The molecule has 0 N–H and O–H groups in total. The molecule has 2 aliphatic heterocycles. The second-order valence-electron chi connectivity index (χ2n) is 9.17. The lowest BCUT2D eigenvalue weighted by Crippen LogP contribution is -2.46. The van der Waals surface area contributed by atoms with E-state index in [0.29, 0.717) is 34.3 Å². The number of halogens is 5. The number of carbonyl (C=O) groups excluding carboxylic acids is 1. The second-order valence-corrected chi connectivity index (χ2v) is 10.8. The Morgan fingerprint density at radius 3 is 2.44 bits per heavy atom. The average molecular weight is 565 g/mol. The molecule has 1 amide bonds. The molecular formula is C27H22Cl4FN3O. The molecule has 3 aromatic rings. The quantitative estimate of drug-likeness (QED) is 0.307. The molecule has 186 valence electrons. The van der Waals surface area contributed by atoms with Crippen LogP contribution in [0, 0.1) is 5.82 Å². The van der Waals surface area contributed by atoms with E-state index in [1.807, 2.05) is 18.2 Å². The first-order valence-electron chi connectivity index (χ1n) is 11.5. The molecule has 0 atom stereocenters. The Balaban J connectivity index is 1.33. The van der Waals surface area contributed by atoms with Gasteiger partial charge in [-0.15, -0.1) is 0 Å². The lowest BCUT2D eigenvalue weighted by molar-refractivity contribution is 0.0977. The molecule has 1 aromatic heterocycles. The third-order valence-electron chi connectivity index (χ3n) is 7.00. The molecule has 36 heavy (non-hydrogen) atoms. The molecule has 0 saturated carbocycles. The molecule has 1 spiro atoms. The van der Waals surface area contributed by atoms with Gasteiger partial charge < -0.3 is 4.90 Å². The van der Waals surface area contributed by atoms with Crippen molar-refractivity contribution >= 4 is 64.1 Å². The molecular weight excluding hydrogens is 543 g/mol. The van der Waals surface area contributed by atoms with Gasteiger partial charge in [0.05, 0.1) is 5.02 Å². The standard InChI is InChI=1S/C27H22Cl4FN3O/c28-18-6-7-23-20(15-18)27(16-35(23)26(36)17-13-24(30)33-25(31)14-17)8-11-34(12-9-27)10-2-3-19-21(29)4-1-5-22(19)32/h1-7,13-15H,8-12,16H2/b3-2+. The molecule has 1 fully saturated rings. The number of hydrogen-bond donors (Lipinski definition) is 0. The zero-order valence-corrected chi connectivity index (χ0v) is 22.2. The third kappa shape index (κ3) is 5.00. The van der Waals surface area contributed by atoms with Crippen LogP contribution in [-0.2, 0) is 5.41 Å². The number of hydrogen-bond acceptors (Lipinski definition) is 3. The number of amides is 1. The fraction of sp³-hybridized carbons (Fsp3) is 0.259. The summed E-state index contributed by atoms with van der Waals surface area (Å²) in [6.45, 7) is 2.89. The number of aromatic nitrogens is 1. The van der Waals surface area contributed by atoms with Gasteiger partial charge in [-0.2, -0.15) is 0 Å². The molecule has 0 unspecified atom stereocenters. The summed E-state index contributed by atoms with van der Waals surface area (Å²) in [5.74, 6) is -0.508. The van der Waals surface area contributed by atoms with Crippen molar-refractivity contribution < 1.29 is 9.18 Å². The molecule has 0 aliphatic carbocycles. The highest BCUT2D eigenvalue weighted by atomic mass is 35.5. The number of piperidine rings is 1. The number of pyridine rings is 1. The number of anilines is 1. The van der Waals surface area contributed by atoms with Crippen molar-refractivity contribution in [1.82, 2.24) is 9.88 Å². The molecule has 2 aromatic carbocycles. The lowest BCUT2D eigenvalue weighted by Gasteiger charge is -2.39. The van der Waals surface area contributed by atoms with Crippen LogP contribution in [0.5, 0.6) is 0 Å². The topological polar surface area (TPSA) is 36.4 Å². The highest BCUT2D eigenvalue weighted by Gasteiger charge is 2.46. The number of rotatable bonds is 4. The van der Waals surface area contributed by atoms with Crippen LogP contribution in [0.25, 0.3) is 6.08 Å². The predicted molar refractivity (Wildman–Crippen MR) is 145 cm³/mol. The fourth-order valence-electron chi connectivity index (χ4n) is 5.15. The van der Waals surface area contributed by atoms with Gasteiger partial charge in [0.25, 0.3) is 5.91 Å². The Hall–Kier alpha value is -2.15. The van der Waals surface area contributed by atoms with Gasteiger partial charge in [-0.05, 0) is 74.0 Å². The van der Waals surface area contributed by atoms with Crippen molar-refractivity contribution in [2.24, 2.45) is 0 Å². The minimum absolute atomic E-state index is 0.172. The molecule has 2 aliphatic rings. The molecule has 0 radical (unpaired) electrons. The summed E-state index contributed by atoms with van der Waals surface area (Å²) in [6, 6.07) is 13.4. The Morgan fingerprint density at radius 2 is 1.75 bits per heavy atom. The highest BCUT2D eigenvalue weighted by Crippen LogP contribution is 2.48. The first kappa shape index (κ1) is 25.5. The van der Waals surface area contributed by atoms with Gasteiger partial charge in [0, 0.05) is 40.3 Å². The SMILES string of the molecule is O=C(c1cc(Cl)nc(Cl)c1)N1CC2(CCN(C/C=C/c3c(F)cccc3Cl)CC2)c2cc(Cl)ccc21. The predicted octanol–water partition coefficient (Wildman–Crippen LogP) is 7.54. The molecule has 4 nitrogen and oxygen atoms in total. The summed E-state index contributed by atoms with van der Waals surface area (Å²) in [7, 11) is 0. The molecule has 9 heteroatoms. The van der Waals surface area contributed by atoms with E-state index < -0.39 is 0 Å². The van der Waals surface area contributed by atoms with E-state index in [9.17, 15) is 9.18 Å². The third-order valence-corrected chi connectivity index (χ3v) is 7.95. The highest BCUT2D eigenvalue weighted by molar-refractivity contribution is 6.33. The molecule has 0 bridgehead atoms. The number of nitrogens with zero attached hydrogens (tertiary/aromatic N) is 3. The monoisotopic (exact) mass is 563 g/mol. The van der Waals surface area contributed by atoms with Crippen molar-refractivity contribution in [3.8, 4) is 0 Å². The smallest absolute Gasteiger partial charge is 0.258 e. The first-order valence-corrected chi connectivity index (χ1v) is 13.0. The van der Waals surface area contributed by atoms with E-state index in [0.717, 1.165) is 37.2 Å². The van der Waals surface area contributed by atoms with Gasteiger partial charge in [-0.25, -0.2) is 9.37 Å². The van der Waals surface area contributed by atoms with Gasteiger partial charge in [-0.3, -0.25) is 9.69 Å². The van der Waals surface area contributed by atoms with Gasteiger partial charge >= 0.3 is 0 Å². The van der Waals surface area contributed by atoms with Crippen LogP contribution in [-0.4, -0.2) is 42.0 Å². The van der Waals surface area contributed by atoms with Crippen LogP contribution < -0.4 is 4.90 Å². The number of fused-ring (bicyclic) bond motifs is 2. The number of benzene rings is 2. The Kier molecular flexibility index (Phi) is 7.30. The minimum atomic E-state index is -0.336. The van der Waals surface area contributed by atoms with E-state index in [4.69, 9.17) is 46.4 Å². The Bertz CT molecular complexity index is 1310. The van der Waals surface area contributed by atoms with Crippen LogP contribution in [0.3, 0.4) is 0 Å². The summed E-state index contributed by atoms with van der Waals surface area (Å²) in [5.41, 5.74) is 2.54. The van der Waals surface area contributed by atoms with Gasteiger partial charge in [0.1, 0.15) is 16.1 Å². The summed E-state index contributed by atoms with van der Waals surface area (Å²) in [6.07, 6.45) is 5.39. The second kappa shape index (κ2) is 10.3. The zero-order chi connectivity index (χ0) is 25.4. The van der Waals surface area contributed by atoms with Crippen LogP contribution in [0.2, 0.25) is 20.4 Å². The first-order chi connectivity index (χ1) is 17.3. The maximum atomic E-state index is 14.0. The van der Waals surface area contributed by atoms with E-state index in [1.54, 1.807) is 29.2 Å². The molecule has 3 heterocycles. The number of likely N-dealkylation sites (tertiary alicyclic amines) is 1. The van der Waals surface area contributed by atoms with Gasteiger partial charge in [-0.1, -0.05) is 64.6 Å². The van der Waals surface area contributed by atoms with Crippen LogP contribution in [0.15, 0.2) is 54.6 Å². The maximum absolute atomic E-state index is 14.0. The summed E-state index contributed by atoms with van der Waals surface area (Å²) >= 11 is 24.6. The largest absolute Gasteiger partial charge is 0.307 e. The zero-order valence-electron chi connectivity index (χ0n) is 19.2. The maximum Gasteiger partial charge on any atom is 0.258 e. The summed E-state index contributed by atoms with van der Waals surface area (Å²) in [4.78, 5) is 21.6. The number of carbonyl (C=O) groups is 1. The van der Waals surface area contributed by atoms with Crippen molar-refractivity contribution in [3.05, 3.63) is 97.5 Å². The Labute approximate surface area is 229 Å². The van der Waals surface area contributed by atoms with Gasteiger partial charge in [0.2, 0.25) is 0 Å². The van der Waals surface area contributed by atoms with Crippen LogP contribution in [0.4, 0.5) is 10.1 Å². The minimum Gasteiger partial charge on any atom is -0.307 e. The van der Waals surface area contributed by atoms with Crippen LogP contribution >= 0.6 is 46.4 Å². The van der Waals surface area contributed by atoms with Crippen LogP contribution in [0.1, 0.15) is 34.3 Å².